The number of aliphatic carboxylic acids is 1. The fraction of sp³-hybridized carbons (Fsp3) is 0.214. The molecule has 0 aliphatic heterocycles. The highest BCUT2D eigenvalue weighted by Gasteiger charge is 2.25. The number of aryl methyl sites for hydroxylation is 3. The van der Waals surface area contributed by atoms with E-state index in [2.05, 4.69) is 36.7 Å². The van der Waals surface area contributed by atoms with E-state index in [1.807, 2.05) is 61.6 Å². The van der Waals surface area contributed by atoms with Crippen LogP contribution in [0.2, 0.25) is 0 Å². The molecule has 0 amide bonds. The van der Waals surface area contributed by atoms with Gasteiger partial charge in [0.15, 0.2) is 0 Å². The topological polar surface area (TPSA) is 69.2 Å². The monoisotopic (exact) mass is 453 g/mol. The van der Waals surface area contributed by atoms with Gasteiger partial charge in [0.1, 0.15) is 0 Å². The summed E-state index contributed by atoms with van der Waals surface area (Å²) in [6, 6.07) is 20.7. The molecule has 0 saturated carbocycles. The molecule has 0 spiro atoms. The maximum Gasteiger partial charge on any atom is 0.330 e. The first-order valence-electron chi connectivity index (χ1n) is 11.4. The van der Waals surface area contributed by atoms with E-state index in [4.69, 9.17) is 0 Å². The number of fused-ring (bicyclic) bond motifs is 2. The number of para-hydroxylation sites is 2. The Morgan fingerprint density at radius 2 is 1.62 bits per heavy atom. The highest BCUT2D eigenvalue weighted by molar-refractivity contribution is 5.88. The third-order valence-corrected chi connectivity index (χ3v) is 6.57. The van der Waals surface area contributed by atoms with Crippen molar-refractivity contribution in [3.05, 3.63) is 106 Å². The Kier molecular flexibility index (Phi) is 5.36. The molecular formula is C28H27N3O3. The number of hydrogen-bond donors (Lipinski definition) is 1. The van der Waals surface area contributed by atoms with Crippen molar-refractivity contribution in [2.45, 2.75) is 32.9 Å². The Hall–Kier alpha value is -4.06. The van der Waals surface area contributed by atoms with Gasteiger partial charge in [-0.25, -0.2) is 4.79 Å². The van der Waals surface area contributed by atoms with Crippen molar-refractivity contribution in [2.75, 3.05) is 0 Å². The number of benzene rings is 3. The zero-order chi connectivity index (χ0) is 24.0. The second kappa shape index (κ2) is 8.37. The van der Waals surface area contributed by atoms with Crippen molar-refractivity contribution in [1.82, 2.24) is 13.7 Å². The molecule has 1 N–H and O–H groups in total. The van der Waals surface area contributed by atoms with Gasteiger partial charge in [-0.1, -0.05) is 48.5 Å². The molecule has 6 nitrogen and oxygen atoms in total. The predicted octanol–water partition coefficient (Wildman–Crippen LogP) is 5.02. The summed E-state index contributed by atoms with van der Waals surface area (Å²) in [5.41, 5.74) is 6.69. The summed E-state index contributed by atoms with van der Waals surface area (Å²) >= 11 is 0. The molecule has 0 aliphatic rings. The van der Waals surface area contributed by atoms with Crippen molar-refractivity contribution >= 4 is 27.9 Å². The highest BCUT2D eigenvalue weighted by atomic mass is 16.4. The Balaban J connectivity index is 1.72. The van der Waals surface area contributed by atoms with E-state index < -0.39 is 12.0 Å². The number of carboxylic acids is 1. The van der Waals surface area contributed by atoms with Crippen LogP contribution in [0.5, 0.6) is 0 Å². The SMILES string of the molecule is Cc1cc(C)c2c(Cn3c(=O)n([C@H](CC(=O)O)c4ccccc4)c4ccccc43)cn(C)c2c1. The number of nitrogens with zero attached hydrogens (tertiary/aromatic N) is 3. The molecule has 0 fully saturated rings. The molecule has 0 aliphatic carbocycles. The minimum Gasteiger partial charge on any atom is -0.481 e. The van der Waals surface area contributed by atoms with Gasteiger partial charge in [-0.3, -0.25) is 13.9 Å². The van der Waals surface area contributed by atoms with Crippen LogP contribution in [0.4, 0.5) is 0 Å². The summed E-state index contributed by atoms with van der Waals surface area (Å²) in [5, 5.41) is 10.8. The molecule has 34 heavy (non-hydrogen) atoms. The molecule has 5 aromatic rings. The minimum atomic E-state index is -0.947. The third-order valence-electron chi connectivity index (χ3n) is 6.57. The lowest BCUT2D eigenvalue weighted by Crippen LogP contribution is -2.29. The second-order valence-corrected chi connectivity index (χ2v) is 8.99. The fourth-order valence-electron chi connectivity index (χ4n) is 5.18. The number of hydrogen-bond acceptors (Lipinski definition) is 2. The van der Waals surface area contributed by atoms with Gasteiger partial charge in [0.25, 0.3) is 0 Å². The molecule has 0 saturated heterocycles. The normalized spacial score (nSPS) is 12.4. The summed E-state index contributed by atoms with van der Waals surface area (Å²) in [6.07, 6.45) is 1.91. The van der Waals surface area contributed by atoms with Gasteiger partial charge in [0.05, 0.1) is 30.0 Å². The summed E-state index contributed by atoms with van der Waals surface area (Å²) in [4.78, 5) is 25.7. The first-order valence-corrected chi connectivity index (χ1v) is 11.4. The van der Waals surface area contributed by atoms with Crippen LogP contribution in [-0.4, -0.2) is 24.8 Å². The number of rotatable bonds is 6. The second-order valence-electron chi connectivity index (χ2n) is 8.99. The molecule has 1 atom stereocenters. The average molecular weight is 454 g/mol. The van der Waals surface area contributed by atoms with Crippen molar-refractivity contribution in [1.29, 1.82) is 0 Å². The molecule has 0 unspecified atom stereocenters. The van der Waals surface area contributed by atoms with Crippen molar-refractivity contribution in [3.8, 4) is 0 Å². The number of aromatic nitrogens is 3. The summed E-state index contributed by atoms with van der Waals surface area (Å²) in [5.74, 6) is -0.947. The molecule has 2 heterocycles. The smallest absolute Gasteiger partial charge is 0.330 e. The van der Waals surface area contributed by atoms with E-state index in [0.717, 1.165) is 33.1 Å². The van der Waals surface area contributed by atoms with E-state index >= 15 is 0 Å². The van der Waals surface area contributed by atoms with Gasteiger partial charge >= 0.3 is 11.7 Å². The standard InChI is InChI=1S/C28H27N3O3/c1-18-13-19(2)27-21(16-29(3)25(27)14-18)17-30-22-11-7-8-12-23(22)31(28(30)34)24(15-26(32)33)20-9-5-4-6-10-20/h4-14,16,24H,15,17H2,1-3H3,(H,32,33)/t24-/m1/s1. The van der Waals surface area contributed by atoms with Crippen molar-refractivity contribution in [2.24, 2.45) is 7.05 Å². The van der Waals surface area contributed by atoms with Gasteiger partial charge in [-0.15, -0.1) is 0 Å². The molecule has 0 bridgehead atoms. The average Bonchev–Trinajstić information content (AvgIpc) is 3.27. The first-order chi connectivity index (χ1) is 16.3. The van der Waals surface area contributed by atoms with E-state index in [1.165, 1.54) is 11.1 Å². The van der Waals surface area contributed by atoms with Crippen LogP contribution in [-0.2, 0) is 18.4 Å². The van der Waals surface area contributed by atoms with Gasteiger partial charge < -0.3 is 9.67 Å². The molecule has 5 rings (SSSR count). The molecule has 3 aromatic carbocycles. The van der Waals surface area contributed by atoms with E-state index in [0.29, 0.717) is 6.54 Å². The first kappa shape index (κ1) is 21.8. The molecule has 6 heteroatoms. The molecule has 2 aromatic heterocycles. The zero-order valence-electron chi connectivity index (χ0n) is 19.5. The number of imidazole rings is 1. The van der Waals surface area contributed by atoms with Crippen LogP contribution in [0.1, 0.15) is 34.7 Å². The molecule has 0 radical (unpaired) electrons. The summed E-state index contributed by atoms with van der Waals surface area (Å²) in [7, 11) is 2.02. The maximum atomic E-state index is 13.9. The Morgan fingerprint density at radius 1 is 0.941 bits per heavy atom. The Labute approximate surface area is 197 Å². The van der Waals surface area contributed by atoms with Crippen LogP contribution >= 0.6 is 0 Å². The van der Waals surface area contributed by atoms with Gasteiger partial charge in [-0.05, 0) is 54.3 Å². The molecule has 172 valence electrons. The zero-order valence-corrected chi connectivity index (χ0v) is 19.5. The Bertz CT molecular complexity index is 1590. The fourth-order valence-corrected chi connectivity index (χ4v) is 5.18. The van der Waals surface area contributed by atoms with Crippen LogP contribution in [0, 0.1) is 13.8 Å². The lowest BCUT2D eigenvalue weighted by molar-refractivity contribution is -0.137. The van der Waals surface area contributed by atoms with E-state index in [9.17, 15) is 14.7 Å². The highest BCUT2D eigenvalue weighted by Crippen LogP contribution is 2.29. The molecular weight excluding hydrogens is 426 g/mol. The van der Waals surface area contributed by atoms with Gasteiger partial charge in [0, 0.05) is 24.1 Å². The predicted molar refractivity (Wildman–Crippen MR) is 135 cm³/mol. The van der Waals surface area contributed by atoms with Gasteiger partial charge in [-0.2, -0.15) is 0 Å². The number of carboxylic acid groups (broad SMARTS) is 1. The van der Waals surface area contributed by atoms with Crippen molar-refractivity contribution < 1.29 is 9.90 Å². The van der Waals surface area contributed by atoms with Crippen LogP contribution in [0.3, 0.4) is 0 Å². The number of carbonyl (C=O) groups is 1. The van der Waals surface area contributed by atoms with Crippen LogP contribution < -0.4 is 5.69 Å². The van der Waals surface area contributed by atoms with Crippen LogP contribution in [0.25, 0.3) is 21.9 Å². The maximum absolute atomic E-state index is 13.9. The lowest BCUT2D eigenvalue weighted by Gasteiger charge is -2.17. The van der Waals surface area contributed by atoms with E-state index in [-0.39, 0.29) is 12.1 Å². The lowest BCUT2D eigenvalue weighted by atomic mass is 10.0. The quantitative estimate of drug-likeness (QED) is 0.392. The largest absolute Gasteiger partial charge is 0.481 e. The summed E-state index contributed by atoms with van der Waals surface area (Å²) < 4.78 is 5.51. The minimum absolute atomic E-state index is 0.176. The van der Waals surface area contributed by atoms with E-state index in [1.54, 1.807) is 9.13 Å². The summed E-state index contributed by atoms with van der Waals surface area (Å²) in [6.45, 7) is 4.59. The Morgan fingerprint density at radius 3 is 2.32 bits per heavy atom. The van der Waals surface area contributed by atoms with Gasteiger partial charge in [0.2, 0.25) is 0 Å². The van der Waals surface area contributed by atoms with Crippen molar-refractivity contribution in [3.63, 3.8) is 0 Å². The van der Waals surface area contributed by atoms with Crippen LogP contribution in [0.15, 0.2) is 77.7 Å². The third kappa shape index (κ3) is 3.61.